The monoisotopic (exact) mass is 78.1 g/mol. The summed E-state index contributed by atoms with van der Waals surface area (Å²) in [7, 11) is 0. The SMILES string of the molecule is CC.CS. The van der Waals surface area contributed by atoms with E-state index in [0.29, 0.717) is 0 Å². The van der Waals surface area contributed by atoms with Crippen molar-refractivity contribution >= 4 is 12.6 Å². The van der Waals surface area contributed by atoms with Gasteiger partial charge in [0.25, 0.3) is 0 Å². The second kappa shape index (κ2) is 151. The van der Waals surface area contributed by atoms with Gasteiger partial charge in [-0.3, -0.25) is 0 Å². The molecular formula is C3H10S. The van der Waals surface area contributed by atoms with E-state index in [1.54, 1.807) is 6.26 Å². The molecule has 0 aliphatic rings. The lowest BCUT2D eigenvalue weighted by molar-refractivity contribution is 1.50. The van der Waals surface area contributed by atoms with Crippen LogP contribution in [0.15, 0.2) is 0 Å². The topological polar surface area (TPSA) is 0 Å². The summed E-state index contributed by atoms with van der Waals surface area (Å²) in [5, 5.41) is 0. The molecule has 0 rings (SSSR count). The van der Waals surface area contributed by atoms with Gasteiger partial charge in [0.05, 0.1) is 0 Å². The highest BCUT2D eigenvalue weighted by atomic mass is 32.1. The molecule has 0 aromatic carbocycles. The van der Waals surface area contributed by atoms with Crippen molar-refractivity contribution in [1.29, 1.82) is 0 Å². The van der Waals surface area contributed by atoms with E-state index < -0.39 is 0 Å². The van der Waals surface area contributed by atoms with Crippen LogP contribution in [0.5, 0.6) is 0 Å². The Morgan fingerprint density at radius 1 is 1.00 bits per heavy atom. The third-order valence-electron chi connectivity index (χ3n) is 0. The minimum absolute atomic E-state index is 1.69. The summed E-state index contributed by atoms with van der Waals surface area (Å²) in [5.41, 5.74) is 0. The van der Waals surface area contributed by atoms with Crippen molar-refractivity contribution in [3.8, 4) is 0 Å². The normalized spacial score (nSPS) is 3.00. The van der Waals surface area contributed by atoms with Crippen LogP contribution in [0.3, 0.4) is 0 Å². The van der Waals surface area contributed by atoms with E-state index in [-0.39, 0.29) is 0 Å². The van der Waals surface area contributed by atoms with Crippen LogP contribution >= 0.6 is 12.6 Å². The van der Waals surface area contributed by atoms with Crippen LogP contribution in [0.25, 0.3) is 0 Å². The van der Waals surface area contributed by atoms with Gasteiger partial charge in [-0.25, -0.2) is 0 Å². The molecule has 4 heavy (non-hydrogen) atoms. The summed E-state index contributed by atoms with van der Waals surface area (Å²) < 4.78 is 0. The van der Waals surface area contributed by atoms with Crippen LogP contribution < -0.4 is 0 Å². The molecule has 0 atom stereocenters. The van der Waals surface area contributed by atoms with Crippen LogP contribution in [-0.4, -0.2) is 6.26 Å². The van der Waals surface area contributed by atoms with E-state index in [1.165, 1.54) is 0 Å². The maximum atomic E-state index is 3.53. The number of hydrogen-bond acceptors (Lipinski definition) is 1. The molecule has 0 amide bonds. The minimum Gasteiger partial charge on any atom is -0.183 e. The fourth-order valence-corrected chi connectivity index (χ4v) is 0. The maximum absolute atomic E-state index is 3.53. The molecule has 0 fully saturated rings. The van der Waals surface area contributed by atoms with Crippen LogP contribution in [0.4, 0.5) is 0 Å². The summed E-state index contributed by atoms with van der Waals surface area (Å²) in [4.78, 5) is 0. The largest absolute Gasteiger partial charge is 0.183 e. The van der Waals surface area contributed by atoms with Gasteiger partial charge in [0.15, 0.2) is 0 Å². The molecule has 0 saturated carbocycles. The van der Waals surface area contributed by atoms with Crippen molar-refractivity contribution in [1.82, 2.24) is 0 Å². The Kier molecular flexibility index (Phi) is 334. The molecule has 0 aromatic rings. The van der Waals surface area contributed by atoms with Crippen molar-refractivity contribution < 1.29 is 0 Å². The molecule has 0 aromatic heterocycles. The molecule has 28 valence electrons. The first-order valence-electron chi connectivity index (χ1n) is 1.45. The Morgan fingerprint density at radius 3 is 1.00 bits per heavy atom. The molecule has 0 saturated heterocycles. The van der Waals surface area contributed by atoms with Gasteiger partial charge >= 0.3 is 0 Å². The van der Waals surface area contributed by atoms with E-state index in [0.717, 1.165) is 0 Å². The zero-order chi connectivity index (χ0) is 4.00. The van der Waals surface area contributed by atoms with Gasteiger partial charge < -0.3 is 0 Å². The Bertz CT molecular complexity index is 3.25. The smallest absolute Gasteiger partial charge is 0.0215 e. The van der Waals surface area contributed by atoms with Gasteiger partial charge in [-0.1, -0.05) is 13.8 Å². The highest BCUT2D eigenvalue weighted by molar-refractivity contribution is 7.79. The lowest BCUT2D eigenvalue weighted by Gasteiger charge is -1.11. The molecule has 0 radical (unpaired) electrons. The van der Waals surface area contributed by atoms with Crippen LogP contribution in [0.1, 0.15) is 13.8 Å². The second-order valence-electron chi connectivity index (χ2n) is 0. The van der Waals surface area contributed by atoms with Crippen molar-refractivity contribution in [2.45, 2.75) is 13.8 Å². The minimum atomic E-state index is 1.69. The van der Waals surface area contributed by atoms with E-state index in [4.69, 9.17) is 0 Å². The molecule has 1 heteroatoms. The number of rotatable bonds is 0. The van der Waals surface area contributed by atoms with Crippen LogP contribution in [-0.2, 0) is 0 Å². The van der Waals surface area contributed by atoms with E-state index >= 15 is 0 Å². The van der Waals surface area contributed by atoms with Gasteiger partial charge in [-0.05, 0) is 6.26 Å². The zero-order valence-corrected chi connectivity index (χ0v) is 4.34. The van der Waals surface area contributed by atoms with Gasteiger partial charge in [-0.2, -0.15) is 12.6 Å². The molecule has 0 aliphatic heterocycles. The number of hydrogen-bond donors (Lipinski definition) is 1. The standard InChI is InChI=1S/C2H6.CH4S/c2*1-2/h1-2H3;2H,1H3. The molecule has 0 nitrogen and oxygen atoms in total. The summed E-state index contributed by atoms with van der Waals surface area (Å²) in [5.74, 6) is 0. The van der Waals surface area contributed by atoms with Crippen molar-refractivity contribution in [3.05, 3.63) is 0 Å². The third-order valence-corrected chi connectivity index (χ3v) is 0. The highest BCUT2D eigenvalue weighted by Crippen LogP contribution is 1.31. The first-order chi connectivity index (χ1) is 2.00. The van der Waals surface area contributed by atoms with E-state index in [9.17, 15) is 0 Å². The summed E-state index contributed by atoms with van der Waals surface area (Å²) >= 11 is 3.53. The van der Waals surface area contributed by atoms with E-state index in [2.05, 4.69) is 12.6 Å². The Balaban J connectivity index is 0. The van der Waals surface area contributed by atoms with Crippen molar-refractivity contribution in [3.63, 3.8) is 0 Å². The zero-order valence-electron chi connectivity index (χ0n) is 3.45. The van der Waals surface area contributed by atoms with Crippen molar-refractivity contribution in [2.75, 3.05) is 6.26 Å². The average Bonchev–Trinajstić information content (AvgIpc) is 1.50. The second-order valence-corrected chi connectivity index (χ2v) is 0. The predicted octanol–water partition coefficient (Wildman–Crippen LogP) is 1.57. The Hall–Kier alpha value is 0.350. The molecule has 0 bridgehead atoms. The Labute approximate surface area is 33.6 Å². The fourth-order valence-electron chi connectivity index (χ4n) is 0. The lowest BCUT2D eigenvalue weighted by Crippen LogP contribution is -0.865. The van der Waals surface area contributed by atoms with Crippen LogP contribution in [0, 0.1) is 0 Å². The van der Waals surface area contributed by atoms with Gasteiger partial charge in [0, 0.05) is 0 Å². The maximum Gasteiger partial charge on any atom is -0.0215 e. The fraction of sp³-hybridized carbons (Fsp3) is 1.00. The third kappa shape index (κ3) is 35.0. The quantitative estimate of drug-likeness (QED) is 0.418. The Morgan fingerprint density at radius 2 is 1.00 bits per heavy atom. The molecule has 0 heterocycles. The van der Waals surface area contributed by atoms with Gasteiger partial charge in [-0.15, -0.1) is 0 Å². The van der Waals surface area contributed by atoms with Crippen molar-refractivity contribution in [2.24, 2.45) is 0 Å². The summed E-state index contributed by atoms with van der Waals surface area (Å²) in [6.45, 7) is 4.00. The van der Waals surface area contributed by atoms with E-state index in [1.807, 2.05) is 13.8 Å². The molecule has 0 unspecified atom stereocenters. The predicted molar refractivity (Wildman–Crippen MR) is 26.3 cm³/mol. The van der Waals surface area contributed by atoms with Gasteiger partial charge in [0.2, 0.25) is 0 Å². The van der Waals surface area contributed by atoms with Gasteiger partial charge in [0.1, 0.15) is 0 Å². The highest BCUT2D eigenvalue weighted by Gasteiger charge is 0.932. The molecule has 0 aliphatic carbocycles. The number of thiol groups is 1. The molecular weight excluding hydrogens is 68.1 g/mol. The average molecular weight is 78.2 g/mol. The lowest BCUT2D eigenvalue weighted by atomic mass is 11.0. The summed E-state index contributed by atoms with van der Waals surface area (Å²) in [6, 6.07) is 0. The van der Waals surface area contributed by atoms with Crippen LogP contribution in [0.2, 0.25) is 0 Å². The molecule has 0 spiro atoms. The molecule has 0 N–H and O–H groups in total. The summed E-state index contributed by atoms with van der Waals surface area (Å²) in [6.07, 6.45) is 1.69. The first-order valence-corrected chi connectivity index (χ1v) is 2.34. The first kappa shape index (κ1) is 8.84.